The smallest absolute Gasteiger partial charge is 0.313 e. The minimum absolute atomic E-state index is 0.239. The van der Waals surface area contributed by atoms with E-state index in [1.807, 2.05) is 13.1 Å². The Morgan fingerprint density at radius 3 is 1.57 bits per heavy atom. The van der Waals surface area contributed by atoms with Crippen LogP contribution in [-0.2, 0) is 42.6 Å². The first-order valence-corrected chi connectivity index (χ1v) is 16.8. The summed E-state index contributed by atoms with van der Waals surface area (Å²) in [6.07, 6.45) is -4.37. The van der Waals surface area contributed by atoms with Gasteiger partial charge in [0.2, 0.25) is 12.2 Å². The van der Waals surface area contributed by atoms with Crippen LogP contribution in [-0.4, -0.2) is 69.4 Å². The largest absolute Gasteiger partial charge is 0.462 e. The van der Waals surface area contributed by atoms with Crippen LogP contribution >= 0.6 is 0 Å². The van der Waals surface area contributed by atoms with Crippen molar-refractivity contribution in [3.8, 4) is 0 Å². The Bertz CT molecular complexity index is 935. The van der Waals surface area contributed by atoms with Gasteiger partial charge in [-0.05, 0) is 80.4 Å². The Morgan fingerprint density at radius 2 is 1.18 bits per heavy atom. The molecule has 1 heterocycles. The van der Waals surface area contributed by atoms with E-state index in [9.17, 15) is 19.2 Å². The highest BCUT2D eigenvalue weighted by Crippen LogP contribution is 2.41. The summed E-state index contributed by atoms with van der Waals surface area (Å²) in [6.45, 7) is 26.7. The van der Waals surface area contributed by atoms with E-state index >= 15 is 0 Å². The van der Waals surface area contributed by atoms with Gasteiger partial charge in [0.25, 0.3) is 0 Å². The summed E-state index contributed by atoms with van der Waals surface area (Å²) >= 11 is 0. The van der Waals surface area contributed by atoms with Gasteiger partial charge in [0.15, 0.2) is 14.4 Å². The summed E-state index contributed by atoms with van der Waals surface area (Å²) in [4.78, 5) is 51.3. The zero-order valence-corrected chi connectivity index (χ0v) is 28.3. The van der Waals surface area contributed by atoms with Gasteiger partial charge < -0.3 is 28.7 Å². The lowest BCUT2D eigenvalue weighted by molar-refractivity contribution is -0.270. The van der Waals surface area contributed by atoms with E-state index in [0.717, 1.165) is 0 Å². The van der Waals surface area contributed by atoms with E-state index in [-0.39, 0.29) is 11.6 Å². The zero-order chi connectivity index (χ0) is 31.6. The minimum atomic E-state index is -2.55. The lowest BCUT2D eigenvalue weighted by Gasteiger charge is -2.49. The average molecular weight is 588 g/mol. The normalized spacial score (nSPS) is 24.6. The van der Waals surface area contributed by atoms with E-state index in [4.69, 9.17) is 23.4 Å². The standard InChI is InChI=1S/C29H53NO9Si/c1-17(31)30-19-21(37-24(33)27(5,6)7)20(39-40(14,15)29(11,12)13)18(16-35-23(32)26(2,3)4)36-22(19)38-25(34)28(8,9)10/h18-22H,16H2,1-15H3,(H,30,31)/t18-,19-,20-,21-,22+/m1/s1. The number of rotatable bonds is 7. The Kier molecular flexibility index (Phi) is 11.3. The summed E-state index contributed by atoms with van der Waals surface area (Å²) in [5, 5.41) is 2.53. The highest BCUT2D eigenvalue weighted by atomic mass is 28.4. The van der Waals surface area contributed by atoms with E-state index in [2.05, 4.69) is 26.1 Å². The molecule has 1 amide bonds. The molecule has 0 radical (unpaired) electrons. The van der Waals surface area contributed by atoms with Gasteiger partial charge in [-0.2, -0.15) is 0 Å². The number of carbonyl (C=O) groups excluding carboxylic acids is 4. The number of amides is 1. The molecule has 1 fully saturated rings. The molecule has 1 rings (SSSR count). The van der Waals surface area contributed by atoms with Crippen LogP contribution in [0, 0.1) is 16.2 Å². The summed E-state index contributed by atoms with van der Waals surface area (Å²) in [6, 6.07) is -1.08. The van der Waals surface area contributed by atoms with Crippen molar-refractivity contribution in [2.24, 2.45) is 16.2 Å². The zero-order valence-electron chi connectivity index (χ0n) is 27.3. The van der Waals surface area contributed by atoms with E-state index < -0.39 is 79.0 Å². The monoisotopic (exact) mass is 587 g/mol. The first-order chi connectivity index (χ1) is 17.7. The van der Waals surface area contributed by atoms with Gasteiger partial charge in [0.05, 0.1) is 16.2 Å². The molecule has 1 aliphatic heterocycles. The van der Waals surface area contributed by atoms with Gasteiger partial charge in [-0.3, -0.25) is 19.2 Å². The molecule has 1 N–H and O–H groups in total. The van der Waals surface area contributed by atoms with Crippen LogP contribution < -0.4 is 5.32 Å². The van der Waals surface area contributed by atoms with E-state index in [1.54, 1.807) is 62.3 Å². The van der Waals surface area contributed by atoms with Crippen molar-refractivity contribution in [2.75, 3.05) is 6.61 Å². The van der Waals surface area contributed by atoms with Crippen molar-refractivity contribution in [1.82, 2.24) is 5.32 Å². The molecule has 0 bridgehead atoms. The lowest BCUT2D eigenvalue weighted by atomic mass is 9.93. The Labute approximate surface area is 241 Å². The average Bonchev–Trinajstić information content (AvgIpc) is 2.72. The molecule has 0 saturated carbocycles. The number of hydrogen-bond acceptors (Lipinski definition) is 9. The fourth-order valence-electron chi connectivity index (χ4n) is 3.28. The van der Waals surface area contributed by atoms with Gasteiger partial charge in [-0.25, -0.2) is 0 Å². The first-order valence-electron chi connectivity index (χ1n) is 13.9. The first kappa shape index (κ1) is 36.0. The SMILES string of the molecule is CC(=O)N[C@H]1[C@H](OC(=O)C(C)(C)C)O[C@H](COC(=O)C(C)(C)C)[C@@H](O[Si](C)(C)C(C)(C)C)[C@@H]1OC(=O)C(C)(C)C. The third-order valence-corrected chi connectivity index (χ3v) is 11.4. The van der Waals surface area contributed by atoms with Crippen molar-refractivity contribution in [3.05, 3.63) is 0 Å². The molecule has 1 aliphatic rings. The number of ether oxygens (including phenoxy) is 4. The Hall–Kier alpha value is -1.98. The molecular weight excluding hydrogens is 534 g/mol. The molecular formula is C29H53NO9Si. The molecule has 1 saturated heterocycles. The third-order valence-electron chi connectivity index (χ3n) is 6.94. The van der Waals surface area contributed by atoms with Crippen LogP contribution in [0.15, 0.2) is 0 Å². The third kappa shape index (κ3) is 9.83. The van der Waals surface area contributed by atoms with Gasteiger partial charge in [0, 0.05) is 6.92 Å². The second kappa shape index (κ2) is 12.5. The predicted octanol–water partition coefficient (Wildman–Crippen LogP) is 4.74. The number of nitrogens with one attached hydrogen (secondary N) is 1. The fourth-order valence-corrected chi connectivity index (χ4v) is 4.60. The summed E-state index contributed by atoms with van der Waals surface area (Å²) in [7, 11) is -2.55. The summed E-state index contributed by atoms with van der Waals surface area (Å²) < 4.78 is 30.5. The van der Waals surface area contributed by atoms with Crippen molar-refractivity contribution in [2.45, 2.75) is 139 Å². The molecule has 0 aromatic carbocycles. The van der Waals surface area contributed by atoms with Crippen molar-refractivity contribution in [3.63, 3.8) is 0 Å². The van der Waals surface area contributed by atoms with Crippen LogP contribution in [0.1, 0.15) is 90.0 Å². The van der Waals surface area contributed by atoms with Gasteiger partial charge in [-0.15, -0.1) is 0 Å². The van der Waals surface area contributed by atoms with Crippen LogP contribution in [0.4, 0.5) is 0 Å². The molecule has 11 heteroatoms. The van der Waals surface area contributed by atoms with E-state index in [1.165, 1.54) is 6.92 Å². The predicted molar refractivity (Wildman–Crippen MR) is 154 cm³/mol. The molecule has 0 aliphatic carbocycles. The molecule has 232 valence electrons. The van der Waals surface area contributed by atoms with Crippen molar-refractivity contribution >= 4 is 32.1 Å². The number of carbonyl (C=O) groups is 4. The fraction of sp³-hybridized carbons (Fsp3) is 0.862. The molecule has 0 unspecified atom stereocenters. The maximum absolute atomic E-state index is 13.3. The molecule has 0 aromatic rings. The maximum atomic E-state index is 13.3. The van der Waals surface area contributed by atoms with Gasteiger partial charge in [-0.1, -0.05) is 20.8 Å². The second-order valence-corrected chi connectivity index (χ2v) is 20.0. The molecule has 0 aromatic heterocycles. The molecule has 5 atom stereocenters. The van der Waals surface area contributed by atoms with Crippen LogP contribution in [0.3, 0.4) is 0 Å². The topological polar surface area (TPSA) is 126 Å². The molecule has 40 heavy (non-hydrogen) atoms. The Balaban J connectivity index is 3.75. The van der Waals surface area contributed by atoms with Crippen LogP contribution in [0.25, 0.3) is 0 Å². The van der Waals surface area contributed by atoms with Gasteiger partial charge >= 0.3 is 17.9 Å². The Morgan fingerprint density at radius 1 is 0.725 bits per heavy atom. The summed E-state index contributed by atoms with van der Waals surface area (Å²) in [5.41, 5.74) is -2.55. The summed E-state index contributed by atoms with van der Waals surface area (Å²) in [5.74, 6) is -2.02. The number of hydrogen-bond donors (Lipinski definition) is 1. The highest BCUT2D eigenvalue weighted by Gasteiger charge is 2.55. The molecule has 0 spiro atoms. The van der Waals surface area contributed by atoms with Crippen molar-refractivity contribution < 1.29 is 42.6 Å². The van der Waals surface area contributed by atoms with Crippen molar-refractivity contribution in [1.29, 1.82) is 0 Å². The maximum Gasteiger partial charge on any atom is 0.313 e. The minimum Gasteiger partial charge on any atom is -0.462 e. The quantitative estimate of drug-likeness (QED) is 0.255. The second-order valence-electron chi connectivity index (χ2n) is 15.2. The van der Waals surface area contributed by atoms with Gasteiger partial charge in [0.1, 0.15) is 24.9 Å². The lowest BCUT2D eigenvalue weighted by Crippen LogP contribution is -2.68. The number of esters is 3. The van der Waals surface area contributed by atoms with Crippen LogP contribution in [0.5, 0.6) is 0 Å². The van der Waals surface area contributed by atoms with E-state index in [0.29, 0.717) is 0 Å². The highest BCUT2D eigenvalue weighted by molar-refractivity contribution is 6.74. The van der Waals surface area contributed by atoms with Crippen LogP contribution in [0.2, 0.25) is 18.1 Å². The molecule has 10 nitrogen and oxygen atoms in total.